The zero-order valence-corrected chi connectivity index (χ0v) is 13.2. The van der Waals surface area contributed by atoms with Crippen molar-refractivity contribution < 1.29 is 14.0 Å². The maximum absolute atomic E-state index is 13.9. The highest BCUT2D eigenvalue weighted by Crippen LogP contribution is 2.20. The number of rotatable bonds is 5. The van der Waals surface area contributed by atoms with E-state index in [1.807, 2.05) is 37.3 Å². The second kappa shape index (κ2) is 7.54. The van der Waals surface area contributed by atoms with Crippen LogP contribution in [0.4, 0.5) is 15.8 Å². The van der Waals surface area contributed by atoms with E-state index in [0.29, 0.717) is 6.54 Å². The molecule has 0 fully saturated rings. The Balaban J connectivity index is 2.25. The Hall–Kier alpha value is -2.69. The molecule has 0 aliphatic rings. The number of amides is 2. The number of anilines is 2. The van der Waals surface area contributed by atoms with Crippen molar-refractivity contribution >= 4 is 23.2 Å². The van der Waals surface area contributed by atoms with Gasteiger partial charge in [-0.05, 0) is 31.2 Å². The standard InChI is InChI=1S/C18H19FN2O2/c1-3-20(15-9-5-4-6-10-15)18(23)13-21(14(2)22)17-12-8-7-11-16(17)19/h4-12H,3,13H2,1-2H3. The predicted molar refractivity (Wildman–Crippen MR) is 88.9 cm³/mol. The van der Waals surface area contributed by atoms with Gasteiger partial charge in [0.15, 0.2) is 0 Å². The van der Waals surface area contributed by atoms with Crippen molar-refractivity contribution in [3.63, 3.8) is 0 Å². The molecule has 4 nitrogen and oxygen atoms in total. The molecule has 2 aromatic carbocycles. The summed E-state index contributed by atoms with van der Waals surface area (Å²) in [5, 5.41) is 0. The van der Waals surface area contributed by atoms with Gasteiger partial charge in [-0.1, -0.05) is 30.3 Å². The molecule has 0 heterocycles. The largest absolute Gasteiger partial charge is 0.311 e. The fraction of sp³-hybridized carbons (Fsp3) is 0.222. The molecule has 0 unspecified atom stereocenters. The van der Waals surface area contributed by atoms with E-state index in [1.54, 1.807) is 17.0 Å². The summed E-state index contributed by atoms with van der Waals surface area (Å²) in [4.78, 5) is 27.2. The summed E-state index contributed by atoms with van der Waals surface area (Å²) < 4.78 is 13.9. The van der Waals surface area contributed by atoms with Gasteiger partial charge in [0, 0.05) is 19.2 Å². The molecule has 23 heavy (non-hydrogen) atoms. The first-order valence-corrected chi connectivity index (χ1v) is 7.42. The molecule has 120 valence electrons. The topological polar surface area (TPSA) is 40.6 Å². The Morgan fingerprint density at radius 2 is 1.57 bits per heavy atom. The molecule has 0 aliphatic heterocycles. The number of nitrogens with zero attached hydrogens (tertiary/aromatic N) is 2. The normalized spacial score (nSPS) is 10.2. The van der Waals surface area contributed by atoms with Gasteiger partial charge in [-0.2, -0.15) is 0 Å². The van der Waals surface area contributed by atoms with Gasteiger partial charge in [0.05, 0.1) is 5.69 Å². The predicted octanol–water partition coefficient (Wildman–Crippen LogP) is 3.23. The first kappa shape index (κ1) is 16.7. The van der Waals surface area contributed by atoms with E-state index in [0.717, 1.165) is 10.6 Å². The average molecular weight is 314 g/mol. The summed E-state index contributed by atoms with van der Waals surface area (Å²) in [5.74, 6) is -1.18. The molecule has 0 aliphatic carbocycles. The molecule has 0 saturated heterocycles. The molecule has 2 amide bonds. The Kier molecular flexibility index (Phi) is 5.46. The van der Waals surface area contributed by atoms with E-state index in [4.69, 9.17) is 0 Å². The van der Waals surface area contributed by atoms with Gasteiger partial charge in [-0.3, -0.25) is 9.59 Å². The molecule has 2 rings (SSSR count). The third kappa shape index (κ3) is 3.94. The van der Waals surface area contributed by atoms with Crippen molar-refractivity contribution in [3.05, 3.63) is 60.4 Å². The van der Waals surface area contributed by atoms with Crippen LogP contribution in [0.5, 0.6) is 0 Å². The number of likely N-dealkylation sites (N-methyl/N-ethyl adjacent to an activating group) is 1. The lowest BCUT2D eigenvalue weighted by atomic mass is 10.2. The highest BCUT2D eigenvalue weighted by molar-refractivity contribution is 6.03. The molecule has 0 saturated carbocycles. The number of hydrogen-bond donors (Lipinski definition) is 0. The van der Waals surface area contributed by atoms with E-state index in [1.165, 1.54) is 19.1 Å². The maximum Gasteiger partial charge on any atom is 0.247 e. The molecule has 2 aromatic rings. The Morgan fingerprint density at radius 3 is 2.13 bits per heavy atom. The van der Waals surface area contributed by atoms with Crippen LogP contribution in [0.3, 0.4) is 0 Å². The van der Waals surface area contributed by atoms with E-state index < -0.39 is 5.82 Å². The van der Waals surface area contributed by atoms with Crippen molar-refractivity contribution in [2.75, 3.05) is 22.9 Å². The van der Waals surface area contributed by atoms with Gasteiger partial charge < -0.3 is 9.80 Å². The first-order chi connectivity index (χ1) is 11.0. The highest BCUT2D eigenvalue weighted by atomic mass is 19.1. The number of carbonyl (C=O) groups excluding carboxylic acids is 2. The second-order valence-electron chi connectivity index (χ2n) is 5.03. The van der Waals surface area contributed by atoms with Crippen molar-refractivity contribution in [1.29, 1.82) is 0 Å². The van der Waals surface area contributed by atoms with Gasteiger partial charge in [-0.25, -0.2) is 4.39 Å². The number of carbonyl (C=O) groups is 2. The summed E-state index contributed by atoms with van der Waals surface area (Å²) in [7, 11) is 0. The van der Waals surface area contributed by atoms with Crippen molar-refractivity contribution in [2.24, 2.45) is 0 Å². The molecule has 0 atom stereocenters. The highest BCUT2D eigenvalue weighted by Gasteiger charge is 2.22. The lowest BCUT2D eigenvalue weighted by Crippen LogP contribution is -2.42. The molecule has 5 heteroatoms. The lowest BCUT2D eigenvalue weighted by Gasteiger charge is -2.26. The summed E-state index contributed by atoms with van der Waals surface area (Å²) in [6.07, 6.45) is 0. The lowest BCUT2D eigenvalue weighted by molar-refractivity contribution is -0.121. The molecule has 0 bridgehead atoms. The van der Waals surface area contributed by atoms with Crippen LogP contribution in [0.2, 0.25) is 0 Å². The zero-order chi connectivity index (χ0) is 16.8. The molecule has 0 N–H and O–H groups in total. The van der Waals surface area contributed by atoms with Crippen LogP contribution in [0, 0.1) is 5.82 Å². The van der Waals surface area contributed by atoms with Crippen LogP contribution in [0.15, 0.2) is 54.6 Å². The van der Waals surface area contributed by atoms with Gasteiger partial charge in [0.2, 0.25) is 11.8 Å². The van der Waals surface area contributed by atoms with Crippen LogP contribution in [-0.2, 0) is 9.59 Å². The number of benzene rings is 2. The first-order valence-electron chi connectivity index (χ1n) is 7.42. The second-order valence-corrected chi connectivity index (χ2v) is 5.03. The average Bonchev–Trinajstić information content (AvgIpc) is 2.55. The van der Waals surface area contributed by atoms with Crippen molar-refractivity contribution in [2.45, 2.75) is 13.8 Å². The van der Waals surface area contributed by atoms with E-state index in [9.17, 15) is 14.0 Å². The monoisotopic (exact) mass is 314 g/mol. The molecule has 0 radical (unpaired) electrons. The quantitative estimate of drug-likeness (QED) is 0.850. The SMILES string of the molecule is CCN(C(=O)CN(C(C)=O)c1ccccc1F)c1ccccc1. The Morgan fingerprint density at radius 1 is 0.957 bits per heavy atom. The molecule has 0 aromatic heterocycles. The van der Waals surface area contributed by atoms with E-state index in [-0.39, 0.29) is 24.0 Å². The maximum atomic E-state index is 13.9. The third-order valence-corrected chi connectivity index (χ3v) is 3.50. The fourth-order valence-corrected chi connectivity index (χ4v) is 2.37. The van der Waals surface area contributed by atoms with Crippen molar-refractivity contribution in [3.8, 4) is 0 Å². The van der Waals surface area contributed by atoms with Crippen LogP contribution >= 0.6 is 0 Å². The summed E-state index contributed by atoms with van der Waals surface area (Å²) in [6.45, 7) is 3.43. The van der Waals surface area contributed by atoms with Gasteiger partial charge >= 0.3 is 0 Å². The van der Waals surface area contributed by atoms with Crippen molar-refractivity contribution in [1.82, 2.24) is 0 Å². The van der Waals surface area contributed by atoms with E-state index >= 15 is 0 Å². The fourth-order valence-electron chi connectivity index (χ4n) is 2.37. The Bertz CT molecular complexity index is 688. The van der Waals surface area contributed by atoms with Gasteiger partial charge in [0.1, 0.15) is 12.4 Å². The minimum absolute atomic E-state index is 0.109. The van der Waals surface area contributed by atoms with Crippen LogP contribution in [0.1, 0.15) is 13.8 Å². The third-order valence-electron chi connectivity index (χ3n) is 3.50. The molecule has 0 spiro atoms. The number of halogens is 1. The minimum Gasteiger partial charge on any atom is -0.311 e. The van der Waals surface area contributed by atoms with Gasteiger partial charge in [0.25, 0.3) is 0 Å². The van der Waals surface area contributed by atoms with E-state index in [2.05, 4.69) is 0 Å². The number of hydrogen-bond acceptors (Lipinski definition) is 2. The van der Waals surface area contributed by atoms with Gasteiger partial charge in [-0.15, -0.1) is 0 Å². The Labute approximate surface area is 135 Å². The molecular formula is C18H19FN2O2. The smallest absolute Gasteiger partial charge is 0.247 e. The zero-order valence-electron chi connectivity index (χ0n) is 13.2. The van der Waals surface area contributed by atoms with Crippen LogP contribution in [0.25, 0.3) is 0 Å². The minimum atomic E-state index is -0.529. The number of para-hydroxylation sites is 2. The van der Waals surface area contributed by atoms with Crippen LogP contribution in [-0.4, -0.2) is 24.9 Å². The summed E-state index contributed by atoms with van der Waals surface area (Å²) >= 11 is 0. The molecular weight excluding hydrogens is 295 g/mol. The summed E-state index contributed by atoms with van der Waals surface area (Å²) in [5.41, 5.74) is 0.856. The summed E-state index contributed by atoms with van der Waals surface area (Å²) in [6, 6.07) is 15.1. The van der Waals surface area contributed by atoms with Crippen LogP contribution < -0.4 is 9.80 Å².